The van der Waals surface area contributed by atoms with Crippen LogP contribution in [-0.4, -0.2) is 23.5 Å². The molecule has 0 amide bonds. The molecule has 1 aromatic carbocycles. The third-order valence-corrected chi connectivity index (χ3v) is 5.06. The van der Waals surface area contributed by atoms with Crippen LogP contribution in [0.1, 0.15) is 40.9 Å². The van der Waals surface area contributed by atoms with Gasteiger partial charge in [-0.3, -0.25) is 0 Å². The van der Waals surface area contributed by atoms with Crippen LogP contribution < -0.4 is 0 Å². The van der Waals surface area contributed by atoms with E-state index in [9.17, 15) is 4.79 Å². The van der Waals surface area contributed by atoms with Gasteiger partial charge in [-0.25, -0.2) is 4.79 Å². The average Bonchev–Trinajstić information content (AvgIpc) is 2.87. The van der Waals surface area contributed by atoms with Crippen LogP contribution in [0.15, 0.2) is 12.1 Å². The van der Waals surface area contributed by atoms with Gasteiger partial charge in [0.25, 0.3) is 0 Å². The summed E-state index contributed by atoms with van der Waals surface area (Å²) in [6.07, 6.45) is 5.38. The maximum absolute atomic E-state index is 11.9. The van der Waals surface area contributed by atoms with Crippen molar-refractivity contribution in [2.24, 2.45) is 0 Å². The van der Waals surface area contributed by atoms with Gasteiger partial charge in [0.15, 0.2) is 0 Å². The largest absolute Gasteiger partial charge is 0.465 e. The number of aryl methyl sites for hydroxylation is 2. The molecule has 0 unspecified atom stereocenters. The van der Waals surface area contributed by atoms with E-state index in [0.29, 0.717) is 16.5 Å². The van der Waals surface area contributed by atoms with Gasteiger partial charge in [0.1, 0.15) is 0 Å². The van der Waals surface area contributed by atoms with Crippen LogP contribution >= 0.6 is 23.2 Å². The zero-order chi connectivity index (χ0) is 15.7. The summed E-state index contributed by atoms with van der Waals surface area (Å²) < 4.78 is 7.17. The van der Waals surface area contributed by atoms with Crippen LogP contribution in [0.2, 0.25) is 5.02 Å². The molecule has 1 aromatic heterocycles. The van der Waals surface area contributed by atoms with Gasteiger partial charge in [-0.1, -0.05) is 11.6 Å². The third kappa shape index (κ3) is 2.50. The van der Waals surface area contributed by atoms with Gasteiger partial charge >= 0.3 is 5.97 Å². The summed E-state index contributed by atoms with van der Waals surface area (Å²) in [5.41, 5.74) is 4.20. The van der Waals surface area contributed by atoms with E-state index in [4.69, 9.17) is 27.9 Å². The van der Waals surface area contributed by atoms with Crippen molar-refractivity contribution in [3.63, 3.8) is 0 Å². The number of halogens is 2. The van der Waals surface area contributed by atoms with Gasteiger partial charge in [-0.2, -0.15) is 0 Å². The number of benzene rings is 1. The van der Waals surface area contributed by atoms with Gasteiger partial charge in [-0.15, -0.1) is 11.6 Å². The Labute approximate surface area is 140 Å². The Morgan fingerprint density at radius 1 is 1.32 bits per heavy atom. The molecule has 22 heavy (non-hydrogen) atoms. The highest BCUT2D eigenvalue weighted by Gasteiger charge is 2.24. The second kappa shape index (κ2) is 6.51. The summed E-state index contributed by atoms with van der Waals surface area (Å²) in [4.78, 5) is 11.9. The first kappa shape index (κ1) is 15.7. The first-order valence-corrected chi connectivity index (χ1v) is 8.57. The van der Waals surface area contributed by atoms with E-state index >= 15 is 0 Å². The fraction of sp³-hybridized carbons (Fsp3) is 0.471. The quantitative estimate of drug-likeness (QED) is 0.602. The van der Waals surface area contributed by atoms with Crippen molar-refractivity contribution < 1.29 is 9.53 Å². The molecule has 0 radical (unpaired) electrons. The predicted octanol–water partition coefficient (Wildman–Crippen LogP) is 4.59. The standard InChI is InChI=1S/C17H19Cl2NO2/c1-22-17(21)12-7-8-14-15(16(12)19)11-5-2-3-6-13(11)20(14)10-4-9-18/h7-8H,2-6,9-10H2,1H3. The second-order valence-electron chi connectivity index (χ2n) is 5.64. The molecule has 0 bridgehead atoms. The number of aromatic nitrogens is 1. The summed E-state index contributed by atoms with van der Waals surface area (Å²) >= 11 is 12.4. The molecule has 3 nitrogen and oxygen atoms in total. The fourth-order valence-corrected chi connectivity index (χ4v) is 3.89. The number of rotatable bonds is 4. The molecule has 3 rings (SSSR count). The monoisotopic (exact) mass is 339 g/mol. The number of methoxy groups -OCH3 is 1. The summed E-state index contributed by atoms with van der Waals surface area (Å²) in [6.45, 7) is 0.892. The van der Waals surface area contributed by atoms with E-state index in [1.165, 1.54) is 31.2 Å². The van der Waals surface area contributed by atoms with E-state index in [1.807, 2.05) is 6.07 Å². The molecule has 1 heterocycles. The molecular formula is C17H19Cl2NO2. The minimum Gasteiger partial charge on any atom is -0.465 e. The summed E-state index contributed by atoms with van der Waals surface area (Å²) in [7, 11) is 1.38. The van der Waals surface area contributed by atoms with E-state index in [0.717, 1.165) is 36.7 Å². The van der Waals surface area contributed by atoms with Gasteiger partial charge in [0.2, 0.25) is 0 Å². The molecule has 0 N–H and O–H groups in total. The van der Waals surface area contributed by atoms with Crippen molar-refractivity contribution >= 4 is 40.1 Å². The predicted molar refractivity (Wildman–Crippen MR) is 90.3 cm³/mol. The smallest absolute Gasteiger partial charge is 0.339 e. The van der Waals surface area contributed by atoms with Crippen molar-refractivity contribution in [3.8, 4) is 0 Å². The Bertz CT molecular complexity index is 721. The maximum Gasteiger partial charge on any atom is 0.339 e. The Kier molecular flexibility index (Phi) is 4.65. The van der Waals surface area contributed by atoms with Crippen LogP contribution in [0.25, 0.3) is 10.9 Å². The van der Waals surface area contributed by atoms with Crippen LogP contribution in [0.3, 0.4) is 0 Å². The molecular weight excluding hydrogens is 321 g/mol. The summed E-state index contributed by atoms with van der Waals surface area (Å²) in [6, 6.07) is 3.75. The Balaban J connectivity index is 2.24. The highest BCUT2D eigenvalue weighted by atomic mass is 35.5. The average molecular weight is 340 g/mol. The number of carbonyl (C=O) groups excluding carboxylic acids is 1. The van der Waals surface area contributed by atoms with Crippen molar-refractivity contribution in [1.29, 1.82) is 0 Å². The normalized spacial score (nSPS) is 14.1. The molecule has 0 spiro atoms. The zero-order valence-electron chi connectivity index (χ0n) is 12.6. The molecule has 0 aliphatic heterocycles. The van der Waals surface area contributed by atoms with Crippen LogP contribution in [0.4, 0.5) is 0 Å². The highest BCUT2D eigenvalue weighted by molar-refractivity contribution is 6.38. The van der Waals surface area contributed by atoms with Crippen LogP contribution in [0, 0.1) is 0 Å². The lowest BCUT2D eigenvalue weighted by atomic mass is 9.95. The zero-order valence-corrected chi connectivity index (χ0v) is 14.1. The number of nitrogens with zero attached hydrogens (tertiary/aromatic N) is 1. The summed E-state index contributed by atoms with van der Waals surface area (Å²) in [5, 5.41) is 1.54. The Morgan fingerprint density at radius 2 is 2.09 bits per heavy atom. The lowest BCUT2D eigenvalue weighted by molar-refractivity contribution is 0.0601. The van der Waals surface area contributed by atoms with Crippen molar-refractivity contribution in [3.05, 3.63) is 34.0 Å². The molecule has 5 heteroatoms. The van der Waals surface area contributed by atoms with Gasteiger partial charge in [-0.05, 0) is 49.8 Å². The fourth-order valence-electron chi connectivity index (χ4n) is 3.42. The number of carbonyl (C=O) groups is 1. The molecule has 1 aliphatic carbocycles. The lowest BCUT2D eigenvalue weighted by Crippen LogP contribution is -2.08. The molecule has 0 atom stereocenters. The Hall–Kier alpha value is -1.19. The van der Waals surface area contributed by atoms with E-state index in [-0.39, 0.29) is 5.97 Å². The van der Waals surface area contributed by atoms with E-state index in [1.54, 1.807) is 6.07 Å². The van der Waals surface area contributed by atoms with Crippen molar-refractivity contribution in [1.82, 2.24) is 4.57 Å². The molecule has 118 valence electrons. The topological polar surface area (TPSA) is 31.2 Å². The molecule has 0 saturated heterocycles. The van der Waals surface area contributed by atoms with Crippen molar-refractivity contribution in [2.75, 3.05) is 13.0 Å². The number of fused-ring (bicyclic) bond motifs is 3. The van der Waals surface area contributed by atoms with Crippen LogP contribution in [0.5, 0.6) is 0 Å². The van der Waals surface area contributed by atoms with Gasteiger partial charge in [0.05, 0.1) is 23.2 Å². The number of esters is 1. The lowest BCUT2D eigenvalue weighted by Gasteiger charge is -2.15. The third-order valence-electron chi connectivity index (χ3n) is 4.40. The summed E-state index contributed by atoms with van der Waals surface area (Å²) in [5.74, 6) is 0.257. The first-order valence-electron chi connectivity index (χ1n) is 7.65. The molecule has 0 fully saturated rings. The van der Waals surface area contributed by atoms with Gasteiger partial charge < -0.3 is 9.30 Å². The molecule has 1 aliphatic rings. The van der Waals surface area contributed by atoms with Gasteiger partial charge in [0, 0.05) is 23.5 Å². The Morgan fingerprint density at radius 3 is 2.82 bits per heavy atom. The van der Waals surface area contributed by atoms with Crippen molar-refractivity contribution in [2.45, 2.75) is 38.6 Å². The van der Waals surface area contributed by atoms with E-state index in [2.05, 4.69) is 4.57 Å². The maximum atomic E-state index is 11.9. The van der Waals surface area contributed by atoms with E-state index < -0.39 is 0 Å². The molecule has 2 aromatic rings. The minimum absolute atomic E-state index is 0.384. The van der Waals surface area contributed by atoms with Crippen LogP contribution in [-0.2, 0) is 24.1 Å². The number of hydrogen-bond donors (Lipinski definition) is 0. The second-order valence-corrected chi connectivity index (χ2v) is 6.40. The number of ether oxygens (including phenoxy) is 1. The first-order chi connectivity index (χ1) is 10.7. The minimum atomic E-state index is -0.384. The SMILES string of the molecule is COC(=O)c1ccc2c(c1Cl)c1c(n2CCCCl)CCCC1. The highest BCUT2D eigenvalue weighted by Crippen LogP contribution is 2.38. The number of alkyl halides is 1. The molecule has 0 saturated carbocycles. The number of hydrogen-bond acceptors (Lipinski definition) is 2.